The molecule has 1 aromatic carbocycles. The van der Waals surface area contributed by atoms with Gasteiger partial charge in [-0.3, -0.25) is 14.9 Å². The second-order valence-electron chi connectivity index (χ2n) is 5.71. The number of halogens is 1. The quantitative estimate of drug-likeness (QED) is 0.681. The van der Waals surface area contributed by atoms with Gasteiger partial charge in [-0.2, -0.15) is 0 Å². The zero-order valence-corrected chi connectivity index (χ0v) is 14.3. The van der Waals surface area contributed by atoms with Crippen molar-refractivity contribution in [1.82, 2.24) is 14.8 Å². The smallest absolute Gasteiger partial charge is 0.322 e. The van der Waals surface area contributed by atoms with Gasteiger partial charge in [0.05, 0.1) is 16.9 Å². The van der Waals surface area contributed by atoms with Crippen LogP contribution >= 0.6 is 0 Å². The first-order valence-corrected chi connectivity index (χ1v) is 7.68. The lowest BCUT2D eigenvalue weighted by Gasteiger charge is -2.12. The number of anilines is 3. The van der Waals surface area contributed by atoms with E-state index in [4.69, 9.17) is 4.42 Å². The summed E-state index contributed by atoms with van der Waals surface area (Å²) in [5.41, 5.74) is 1.36. The molecular weight excluding hydrogens is 341 g/mol. The van der Waals surface area contributed by atoms with E-state index in [1.807, 2.05) is 0 Å². The molecule has 2 N–H and O–H groups in total. The molecule has 134 valence electrons. The van der Waals surface area contributed by atoms with Gasteiger partial charge in [0.1, 0.15) is 11.6 Å². The molecule has 3 aromatic rings. The Hall–Kier alpha value is -3.49. The predicted octanol–water partition coefficient (Wildman–Crippen LogP) is 3.05. The van der Waals surface area contributed by atoms with Gasteiger partial charge in [0, 0.05) is 14.0 Å². The lowest BCUT2D eigenvalue weighted by Crippen LogP contribution is -2.14. The van der Waals surface area contributed by atoms with Crippen LogP contribution in [0.15, 0.2) is 35.1 Å². The Morgan fingerprint density at radius 3 is 2.65 bits per heavy atom. The number of aromatic nitrogens is 3. The lowest BCUT2D eigenvalue weighted by atomic mass is 10.2. The molecule has 0 atom stereocenters. The highest BCUT2D eigenvalue weighted by atomic mass is 19.1. The number of nitrogens with one attached hydrogen (secondary N) is 2. The fraction of sp³-hybridized carbons (Fsp3) is 0.176. The van der Waals surface area contributed by atoms with E-state index in [2.05, 4.69) is 20.8 Å². The minimum Gasteiger partial charge on any atom is -0.411 e. The third kappa shape index (κ3) is 3.32. The molecule has 0 spiro atoms. The maximum absolute atomic E-state index is 14.2. The van der Waals surface area contributed by atoms with Crippen LogP contribution in [0.4, 0.5) is 21.9 Å². The Balaban J connectivity index is 2.01. The number of carbonyl (C=O) groups is 2. The highest BCUT2D eigenvalue weighted by molar-refractivity contribution is 6.09. The minimum absolute atomic E-state index is 0.0873. The topological polar surface area (TPSA) is 102 Å². The number of Topliss-reactive ketones (excluding diaryl/α,β-unsaturated/α-hetero) is 1. The number of amides is 1. The molecule has 0 unspecified atom stereocenters. The molecule has 0 bridgehead atoms. The average molecular weight is 357 g/mol. The number of hydrogen-bond donors (Lipinski definition) is 2. The van der Waals surface area contributed by atoms with Gasteiger partial charge < -0.3 is 14.3 Å². The number of carbonyl (C=O) groups excluding carboxylic acids is 2. The van der Waals surface area contributed by atoms with E-state index < -0.39 is 11.7 Å². The Morgan fingerprint density at radius 2 is 2.04 bits per heavy atom. The summed E-state index contributed by atoms with van der Waals surface area (Å²) in [5.74, 6) is -1.03. The SMILES string of the molecule is CC(=O)c1cc(C(=O)Nc2nnco2)c(Nc2ccc(C)cc2F)n1C. The van der Waals surface area contributed by atoms with E-state index in [1.165, 1.54) is 23.6 Å². The van der Waals surface area contributed by atoms with Crippen LogP contribution in [0.2, 0.25) is 0 Å². The second kappa shape index (κ2) is 6.79. The maximum atomic E-state index is 14.2. The van der Waals surface area contributed by atoms with Gasteiger partial charge in [-0.05, 0) is 30.7 Å². The number of hydrogen-bond acceptors (Lipinski definition) is 6. The summed E-state index contributed by atoms with van der Waals surface area (Å²) in [6, 6.07) is 6.00. The minimum atomic E-state index is -0.577. The number of aryl methyl sites for hydroxylation is 1. The van der Waals surface area contributed by atoms with E-state index in [0.717, 1.165) is 12.0 Å². The summed E-state index contributed by atoms with van der Waals surface area (Å²) in [6.45, 7) is 3.15. The lowest BCUT2D eigenvalue weighted by molar-refractivity contribution is 0.100. The van der Waals surface area contributed by atoms with Crippen LogP contribution in [0.5, 0.6) is 0 Å². The fourth-order valence-corrected chi connectivity index (χ4v) is 2.51. The van der Waals surface area contributed by atoms with Gasteiger partial charge in [0.25, 0.3) is 5.91 Å². The molecule has 26 heavy (non-hydrogen) atoms. The van der Waals surface area contributed by atoms with Crippen molar-refractivity contribution in [2.75, 3.05) is 10.6 Å². The second-order valence-corrected chi connectivity index (χ2v) is 5.71. The van der Waals surface area contributed by atoms with Crippen molar-refractivity contribution in [3.05, 3.63) is 53.3 Å². The van der Waals surface area contributed by atoms with Crippen LogP contribution < -0.4 is 10.6 Å². The highest BCUT2D eigenvalue weighted by Gasteiger charge is 2.22. The normalized spacial score (nSPS) is 10.6. The van der Waals surface area contributed by atoms with Crippen LogP contribution in [0.3, 0.4) is 0 Å². The summed E-state index contributed by atoms with van der Waals surface area (Å²) in [4.78, 5) is 24.4. The summed E-state index contributed by atoms with van der Waals surface area (Å²) >= 11 is 0. The Labute approximate surface area is 148 Å². The molecule has 0 saturated carbocycles. The van der Waals surface area contributed by atoms with E-state index in [9.17, 15) is 14.0 Å². The zero-order chi connectivity index (χ0) is 18.8. The first-order chi connectivity index (χ1) is 12.4. The molecule has 0 saturated heterocycles. The number of nitrogens with zero attached hydrogens (tertiary/aromatic N) is 3. The van der Waals surface area contributed by atoms with Crippen molar-refractivity contribution in [1.29, 1.82) is 0 Å². The molecule has 0 aliphatic heterocycles. The van der Waals surface area contributed by atoms with Crippen molar-refractivity contribution in [2.24, 2.45) is 7.05 Å². The van der Waals surface area contributed by atoms with Crippen molar-refractivity contribution in [3.63, 3.8) is 0 Å². The molecule has 1 amide bonds. The molecule has 0 aliphatic rings. The fourth-order valence-electron chi connectivity index (χ4n) is 2.51. The number of rotatable bonds is 5. The van der Waals surface area contributed by atoms with Gasteiger partial charge in [0.15, 0.2) is 5.78 Å². The third-order valence-electron chi connectivity index (χ3n) is 3.80. The maximum Gasteiger partial charge on any atom is 0.322 e. The molecule has 2 heterocycles. The van der Waals surface area contributed by atoms with Crippen LogP contribution in [0.1, 0.15) is 33.3 Å². The van der Waals surface area contributed by atoms with E-state index in [0.29, 0.717) is 0 Å². The van der Waals surface area contributed by atoms with Gasteiger partial charge >= 0.3 is 6.01 Å². The summed E-state index contributed by atoms with van der Waals surface area (Å²) in [6.07, 6.45) is 1.07. The van der Waals surface area contributed by atoms with Crippen LogP contribution in [0, 0.1) is 12.7 Å². The molecular formula is C17H16FN5O3. The first kappa shape index (κ1) is 17.3. The Morgan fingerprint density at radius 1 is 1.27 bits per heavy atom. The third-order valence-corrected chi connectivity index (χ3v) is 3.80. The molecule has 8 nitrogen and oxygen atoms in total. The van der Waals surface area contributed by atoms with Crippen LogP contribution in [-0.4, -0.2) is 26.5 Å². The van der Waals surface area contributed by atoms with Crippen LogP contribution in [-0.2, 0) is 7.05 Å². The molecule has 3 rings (SSSR count). The molecule has 2 aromatic heterocycles. The van der Waals surface area contributed by atoms with Crippen molar-refractivity contribution in [2.45, 2.75) is 13.8 Å². The van der Waals surface area contributed by atoms with E-state index in [1.54, 1.807) is 26.1 Å². The summed E-state index contributed by atoms with van der Waals surface area (Å²) < 4.78 is 20.6. The van der Waals surface area contributed by atoms with Gasteiger partial charge in [0.2, 0.25) is 6.39 Å². The van der Waals surface area contributed by atoms with Crippen molar-refractivity contribution < 1.29 is 18.4 Å². The van der Waals surface area contributed by atoms with Gasteiger partial charge in [-0.1, -0.05) is 11.2 Å². The molecule has 0 aliphatic carbocycles. The number of benzene rings is 1. The molecule has 0 fully saturated rings. The van der Waals surface area contributed by atoms with E-state index in [-0.39, 0.29) is 34.6 Å². The van der Waals surface area contributed by atoms with Crippen molar-refractivity contribution in [3.8, 4) is 0 Å². The Kier molecular flexibility index (Phi) is 4.53. The zero-order valence-electron chi connectivity index (χ0n) is 14.3. The van der Waals surface area contributed by atoms with Gasteiger partial charge in [-0.15, -0.1) is 5.10 Å². The Bertz CT molecular complexity index is 979. The predicted molar refractivity (Wildman–Crippen MR) is 92.1 cm³/mol. The summed E-state index contributed by atoms with van der Waals surface area (Å²) in [5, 5.41) is 12.4. The highest BCUT2D eigenvalue weighted by Crippen LogP contribution is 2.27. The van der Waals surface area contributed by atoms with Crippen molar-refractivity contribution >= 4 is 29.2 Å². The monoisotopic (exact) mass is 357 g/mol. The van der Waals surface area contributed by atoms with Crippen LogP contribution in [0.25, 0.3) is 0 Å². The van der Waals surface area contributed by atoms with Gasteiger partial charge in [-0.25, -0.2) is 4.39 Å². The standard InChI is InChI=1S/C17H16FN5O3/c1-9-4-5-13(12(18)6-9)20-15-11(7-14(10(2)24)23(15)3)16(25)21-17-22-19-8-26-17/h4-8,20H,1-3H3,(H,21,22,25). The number of ketones is 1. The molecule has 9 heteroatoms. The van der Waals surface area contributed by atoms with E-state index >= 15 is 0 Å². The molecule has 0 radical (unpaired) electrons. The summed E-state index contributed by atoms with van der Waals surface area (Å²) in [7, 11) is 1.61. The largest absolute Gasteiger partial charge is 0.411 e. The average Bonchev–Trinajstić information content (AvgIpc) is 3.18. The first-order valence-electron chi connectivity index (χ1n) is 7.68.